The van der Waals surface area contributed by atoms with Crippen molar-refractivity contribution in [3.05, 3.63) is 78.1 Å². The smallest absolute Gasteiger partial charge is 0.227 e. The number of nitrogens with zero attached hydrogens (tertiary/aromatic N) is 3. The lowest BCUT2D eigenvalue weighted by molar-refractivity contribution is -0.133. The van der Waals surface area contributed by atoms with Crippen molar-refractivity contribution in [2.45, 2.75) is 13.0 Å². The Morgan fingerprint density at radius 3 is 2.39 bits per heavy atom. The van der Waals surface area contributed by atoms with Crippen molar-refractivity contribution in [1.29, 1.82) is 0 Å². The first-order valence-electron chi connectivity index (χ1n) is 11.2. The Morgan fingerprint density at radius 1 is 0.939 bits per heavy atom. The molecule has 0 bridgehead atoms. The van der Waals surface area contributed by atoms with Crippen LogP contribution in [0.4, 0.5) is 0 Å². The van der Waals surface area contributed by atoms with Gasteiger partial charge in [-0.2, -0.15) is 0 Å². The van der Waals surface area contributed by atoms with Gasteiger partial charge in [0.2, 0.25) is 5.91 Å². The Kier molecular flexibility index (Phi) is 7.25. The molecular weight excluding hydrogens is 414 g/mol. The second-order valence-corrected chi connectivity index (χ2v) is 8.52. The van der Waals surface area contributed by atoms with E-state index in [0.717, 1.165) is 60.8 Å². The number of hydrogen-bond acceptors (Lipinski definition) is 5. The van der Waals surface area contributed by atoms with Gasteiger partial charge in [-0.25, -0.2) is 0 Å². The average Bonchev–Trinajstić information content (AvgIpc) is 2.98. The molecule has 1 fully saturated rings. The third-order valence-electron chi connectivity index (χ3n) is 6.24. The molecular formula is C27H31N3O3. The molecule has 1 amide bonds. The van der Waals surface area contributed by atoms with Crippen LogP contribution in [0.25, 0.3) is 11.1 Å². The van der Waals surface area contributed by atoms with E-state index < -0.39 is 0 Å². The van der Waals surface area contributed by atoms with Crippen LogP contribution in [0.3, 0.4) is 0 Å². The van der Waals surface area contributed by atoms with E-state index in [1.165, 1.54) is 5.56 Å². The summed E-state index contributed by atoms with van der Waals surface area (Å²) in [7, 11) is 5.19. The second kappa shape index (κ2) is 10.5. The summed E-state index contributed by atoms with van der Waals surface area (Å²) >= 11 is 0. The molecule has 2 aromatic carbocycles. The lowest BCUT2D eigenvalue weighted by Crippen LogP contribution is -2.34. The standard InChI is InChI=1S/C27H31N3O3/c1-29-13-14-30(18-21-8-11-25(32-2)26(16-21)33-3)19-24(27(29)31)15-20-6-9-22(10-7-20)23-5-4-12-28-17-23/h4-12,16-17,24H,13-15,18-19H2,1-3H3/t24-/m1/s1. The molecule has 0 saturated carbocycles. The number of aromatic nitrogens is 1. The molecule has 1 aliphatic heterocycles. The predicted molar refractivity (Wildman–Crippen MR) is 129 cm³/mol. The van der Waals surface area contributed by atoms with E-state index >= 15 is 0 Å². The first kappa shape index (κ1) is 22.8. The minimum Gasteiger partial charge on any atom is -0.493 e. The summed E-state index contributed by atoms with van der Waals surface area (Å²) in [5.41, 5.74) is 4.54. The van der Waals surface area contributed by atoms with Crippen LogP contribution in [0.1, 0.15) is 11.1 Å². The van der Waals surface area contributed by atoms with Crippen LogP contribution < -0.4 is 9.47 Å². The molecule has 0 aliphatic carbocycles. The number of hydrogen-bond donors (Lipinski definition) is 0. The van der Waals surface area contributed by atoms with Crippen LogP contribution in [-0.4, -0.2) is 61.6 Å². The van der Waals surface area contributed by atoms with E-state index in [0.29, 0.717) is 0 Å². The highest BCUT2D eigenvalue weighted by Crippen LogP contribution is 2.28. The third kappa shape index (κ3) is 5.52. The van der Waals surface area contributed by atoms with Crippen LogP contribution in [-0.2, 0) is 17.8 Å². The number of carbonyl (C=O) groups excluding carboxylic acids is 1. The molecule has 6 heteroatoms. The monoisotopic (exact) mass is 445 g/mol. The highest BCUT2D eigenvalue weighted by atomic mass is 16.5. The average molecular weight is 446 g/mol. The summed E-state index contributed by atoms with van der Waals surface area (Å²) < 4.78 is 10.8. The summed E-state index contributed by atoms with van der Waals surface area (Å²) in [5, 5.41) is 0. The first-order valence-corrected chi connectivity index (χ1v) is 11.2. The molecule has 6 nitrogen and oxygen atoms in total. The van der Waals surface area contributed by atoms with Gasteiger partial charge in [-0.05, 0) is 46.9 Å². The zero-order chi connectivity index (χ0) is 23.2. The van der Waals surface area contributed by atoms with E-state index in [-0.39, 0.29) is 11.8 Å². The maximum absolute atomic E-state index is 13.1. The fourth-order valence-electron chi connectivity index (χ4n) is 4.38. The first-order chi connectivity index (χ1) is 16.1. The van der Waals surface area contributed by atoms with Crippen molar-refractivity contribution >= 4 is 5.91 Å². The zero-order valence-corrected chi connectivity index (χ0v) is 19.5. The van der Waals surface area contributed by atoms with Crippen molar-refractivity contribution in [2.75, 3.05) is 40.9 Å². The molecule has 4 rings (SSSR count). The number of carbonyl (C=O) groups is 1. The van der Waals surface area contributed by atoms with Crippen molar-refractivity contribution in [3.8, 4) is 22.6 Å². The summed E-state index contributed by atoms with van der Waals surface area (Å²) in [6.45, 7) is 3.05. The third-order valence-corrected chi connectivity index (χ3v) is 6.24. The fourth-order valence-corrected chi connectivity index (χ4v) is 4.38. The van der Waals surface area contributed by atoms with E-state index in [1.54, 1.807) is 20.4 Å². The van der Waals surface area contributed by atoms with Crippen molar-refractivity contribution in [2.24, 2.45) is 5.92 Å². The molecule has 1 aliphatic rings. The lowest BCUT2D eigenvalue weighted by Gasteiger charge is -2.23. The molecule has 0 unspecified atom stereocenters. The summed E-state index contributed by atoms with van der Waals surface area (Å²) in [4.78, 5) is 21.5. The highest BCUT2D eigenvalue weighted by molar-refractivity contribution is 5.79. The van der Waals surface area contributed by atoms with Gasteiger partial charge < -0.3 is 14.4 Å². The summed E-state index contributed by atoms with van der Waals surface area (Å²) in [6, 6.07) is 18.5. The van der Waals surface area contributed by atoms with Crippen LogP contribution in [0.5, 0.6) is 11.5 Å². The van der Waals surface area contributed by atoms with Gasteiger partial charge in [0.05, 0.1) is 20.1 Å². The number of benzene rings is 2. The van der Waals surface area contributed by atoms with Crippen LogP contribution in [0.15, 0.2) is 67.0 Å². The van der Waals surface area contributed by atoms with Crippen molar-refractivity contribution in [1.82, 2.24) is 14.8 Å². The Hall–Kier alpha value is -3.38. The second-order valence-electron chi connectivity index (χ2n) is 8.52. The molecule has 0 N–H and O–H groups in total. The molecule has 0 spiro atoms. The number of pyridine rings is 1. The minimum absolute atomic E-state index is 0.0816. The quantitative estimate of drug-likeness (QED) is 0.552. The highest BCUT2D eigenvalue weighted by Gasteiger charge is 2.28. The topological polar surface area (TPSA) is 54.9 Å². The van der Waals surface area contributed by atoms with Gasteiger partial charge >= 0.3 is 0 Å². The summed E-state index contributed by atoms with van der Waals surface area (Å²) in [5.74, 6) is 1.57. The normalized spacial score (nSPS) is 17.0. The number of likely N-dealkylation sites (N-methyl/N-ethyl adjacent to an activating group) is 1. The Morgan fingerprint density at radius 2 is 1.70 bits per heavy atom. The van der Waals surface area contributed by atoms with Gasteiger partial charge in [0.15, 0.2) is 11.5 Å². The molecule has 1 saturated heterocycles. The van der Waals surface area contributed by atoms with Crippen molar-refractivity contribution in [3.63, 3.8) is 0 Å². The SMILES string of the molecule is COc1ccc(CN2CCN(C)C(=O)[C@H](Cc3ccc(-c4cccnc4)cc3)C2)cc1OC. The van der Waals surface area contributed by atoms with Gasteiger partial charge in [-0.15, -0.1) is 0 Å². The van der Waals surface area contributed by atoms with Crippen LogP contribution in [0.2, 0.25) is 0 Å². The molecule has 1 atom stereocenters. The number of rotatable bonds is 7. The molecule has 3 aromatic rings. The van der Waals surface area contributed by atoms with E-state index in [4.69, 9.17) is 9.47 Å². The summed E-state index contributed by atoms with van der Waals surface area (Å²) in [6.07, 6.45) is 4.36. The largest absolute Gasteiger partial charge is 0.493 e. The predicted octanol–water partition coefficient (Wildman–Crippen LogP) is 3.90. The lowest BCUT2D eigenvalue weighted by atomic mass is 9.96. The molecule has 172 valence electrons. The van der Waals surface area contributed by atoms with E-state index in [1.807, 2.05) is 36.3 Å². The van der Waals surface area contributed by atoms with E-state index in [2.05, 4.69) is 46.3 Å². The Bertz CT molecular complexity index is 1070. The van der Waals surface area contributed by atoms with Gasteiger partial charge in [0, 0.05) is 45.6 Å². The number of amides is 1. The van der Waals surface area contributed by atoms with Crippen molar-refractivity contribution < 1.29 is 14.3 Å². The minimum atomic E-state index is -0.0816. The number of ether oxygens (including phenoxy) is 2. The molecule has 0 radical (unpaired) electrons. The number of methoxy groups -OCH3 is 2. The van der Waals surface area contributed by atoms with Crippen LogP contribution in [0, 0.1) is 5.92 Å². The molecule has 33 heavy (non-hydrogen) atoms. The Labute approximate surface area is 195 Å². The maximum atomic E-state index is 13.1. The van der Waals surface area contributed by atoms with Gasteiger partial charge in [0.1, 0.15) is 0 Å². The van der Waals surface area contributed by atoms with Crippen LogP contribution >= 0.6 is 0 Å². The molecule has 1 aromatic heterocycles. The zero-order valence-electron chi connectivity index (χ0n) is 19.5. The molecule has 2 heterocycles. The van der Waals surface area contributed by atoms with Gasteiger partial charge in [-0.1, -0.05) is 36.4 Å². The van der Waals surface area contributed by atoms with Gasteiger partial charge in [0.25, 0.3) is 0 Å². The van der Waals surface area contributed by atoms with E-state index in [9.17, 15) is 4.79 Å². The maximum Gasteiger partial charge on any atom is 0.227 e. The fraction of sp³-hybridized carbons (Fsp3) is 0.333. The van der Waals surface area contributed by atoms with Gasteiger partial charge in [-0.3, -0.25) is 14.7 Å². The Balaban J connectivity index is 1.47.